The van der Waals surface area contributed by atoms with Crippen LogP contribution in [0.15, 0.2) is 40.9 Å². The predicted molar refractivity (Wildman–Crippen MR) is 76.4 cm³/mol. The Morgan fingerprint density at radius 1 is 1.15 bits per heavy atom. The fraction of sp³-hybridized carbons (Fsp3) is 0.133. The van der Waals surface area contributed by atoms with Gasteiger partial charge in [0.15, 0.2) is 0 Å². The second-order valence-corrected chi connectivity index (χ2v) is 5.31. The van der Waals surface area contributed by atoms with Crippen molar-refractivity contribution in [2.24, 2.45) is 0 Å². The molecule has 1 amide bonds. The second-order valence-electron chi connectivity index (χ2n) is 4.39. The first-order chi connectivity index (χ1) is 9.47. The van der Waals surface area contributed by atoms with Crippen LogP contribution in [0.4, 0.5) is 8.78 Å². The second kappa shape index (κ2) is 6.13. The molecule has 20 heavy (non-hydrogen) atoms. The van der Waals surface area contributed by atoms with Gasteiger partial charge in [0.2, 0.25) is 0 Å². The first-order valence-corrected chi connectivity index (χ1v) is 6.75. The average molecular weight is 340 g/mol. The number of aryl methyl sites for hydroxylation is 1. The summed E-state index contributed by atoms with van der Waals surface area (Å²) in [7, 11) is 0. The van der Waals surface area contributed by atoms with Gasteiger partial charge < -0.3 is 5.32 Å². The smallest absolute Gasteiger partial charge is 0.254 e. The first kappa shape index (κ1) is 14.7. The topological polar surface area (TPSA) is 29.1 Å². The van der Waals surface area contributed by atoms with E-state index in [1.807, 2.05) is 0 Å². The summed E-state index contributed by atoms with van der Waals surface area (Å²) in [4.78, 5) is 11.9. The number of amides is 1. The molecule has 2 aromatic carbocycles. The third-order valence-corrected chi connectivity index (χ3v) is 3.36. The molecular formula is C15H12BrF2NO. The molecule has 0 radical (unpaired) electrons. The molecule has 0 aliphatic heterocycles. The number of carbonyl (C=O) groups is 1. The van der Waals surface area contributed by atoms with Crippen LogP contribution in [0, 0.1) is 18.6 Å². The minimum atomic E-state index is -0.596. The van der Waals surface area contributed by atoms with Crippen molar-refractivity contribution in [2.75, 3.05) is 0 Å². The Balaban J connectivity index is 2.08. The fourth-order valence-electron chi connectivity index (χ4n) is 1.70. The van der Waals surface area contributed by atoms with Gasteiger partial charge in [0.25, 0.3) is 5.91 Å². The van der Waals surface area contributed by atoms with Crippen LogP contribution in [0.2, 0.25) is 0 Å². The number of hydrogen-bond donors (Lipinski definition) is 1. The van der Waals surface area contributed by atoms with Gasteiger partial charge in [-0.3, -0.25) is 4.79 Å². The van der Waals surface area contributed by atoms with E-state index in [0.717, 1.165) is 0 Å². The lowest BCUT2D eigenvalue weighted by molar-refractivity contribution is 0.0946. The SMILES string of the molecule is Cc1ccc(CNC(=O)c2cc(Br)ccc2F)cc1F. The van der Waals surface area contributed by atoms with Crippen molar-refractivity contribution in [1.82, 2.24) is 5.32 Å². The summed E-state index contributed by atoms with van der Waals surface area (Å²) in [5.41, 5.74) is 1.11. The molecule has 2 aromatic rings. The van der Waals surface area contributed by atoms with Crippen molar-refractivity contribution >= 4 is 21.8 Å². The highest BCUT2D eigenvalue weighted by atomic mass is 79.9. The minimum Gasteiger partial charge on any atom is -0.348 e. The maximum Gasteiger partial charge on any atom is 0.254 e. The van der Waals surface area contributed by atoms with E-state index in [9.17, 15) is 13.6 Å². The lowest BCUT2D eigenvalue weighted by Crippen LogP contribution is -2.24. The molecule has 104 valence electrons. The van der Waals surface area contributed by atoms with Gasteiger partial charge in [-0.25, -0.2) is 8.78 Å². The van der Waals surface area contributed by atoms with E-state index >= 15 is 0 Å². The number of rotatable bonds is 3. The molecule has 0 spiro atoms. The third kappa shape index (κ3) is 3.42. The molecule has 2 rings (SSSR count). The van der Waals surface area contributed by atoms with Gasteiger partial charge in [-0.1, -0.05) is 28.1 Å². The van der Waals surface area contributed by atoms with Crippen LogP contribution < -0.4 is 5.32 Å². The highest BCUT2D eigenvalue weighted by Crippen LogP contribution is 2.16. The molecule has 0 unspecified atom stereocenters. The van der Waals surface area contributed by atoms with Gasteiger partial charge in [0, 0.05) is 11.0 Å². The quantitative estimate of drug-likeness (QED) is 0.900. The van der Waals surface area contributed by atoms with Crippen molar-refractivity contribution in [3.8, 4) is 0 Å². The summed E-state index contributed by atoms with van der Waals surface area (Å²) in [5.74, 6) is -1.46. The number of nitrogens with one attached hydrogen (secondary N) is 1. The monoisotopic (exact) mass is 339 g/mol. The van der Waals surface area contributed by atoms with E-state index in [1.165, 1.54) is 24.3 Å². The molecule has 0 saturated heterocycles. The molecule has 0 saturated carbocycles. The Labute approximate surface area is 123 Å². The molecule has 0 bridgehead atoms. The normalized spacial score (nSPS) is 10.4. The summed E-state index contributed by atoms with van der Waals surface area (Å²) in [6.07, 6.45) is 0. The highest BCUT2D eigenvalue weighted by molar-refractivity contribution is 9.10. The number of hydrogen-bond acceptors (Lipinski definition) is 1. The zero-order valence-corrected chi connectivity index (χ0v) is 12.3. The molecule has 5 heteroatoms. The first-order valence-electron chi connectivity index (χ1n) is 5.95. The van der Waals surface area contributed by atoms with Gasteiger partial charge in [0.05, 0.1) is 5.56 Å². The lowest BCUT2D eigenvalue weighted by atomic mass is 10.1. The standard InChI is InChI=1S/C15H12BrF2NO/c1-9-2-3-10(6-14(9)18)8-19-15(20)12-7-11(16)4-5-13(12)17/h2-7H,8H2,1H3,(H,19,20). The van der Waals surface area contributed by atoms with Crippen molar-refractivity contribution in [2.45, 2.75) is 13.5 Å². The summed E-state index contributed by atoms with van der Waals surface area (Å²) in [6, 6.07) is 8.84. The maximum atomic E-state index is 13.5. The zero-order valence-electron chi connectivity index (χ0n) is 10.7. The Kier molecular flexibility index (Phi) is 4.49. The summed E-state index contributed by atoms with van der Waals surface area (Å²) < 4.78 is 27.5. The molecular weight excluding hydrogens is 328 g/mol. The number of halogens is 3. The van der Waals surface area contributed by atoms with Crippen LogP contribution in [-0.4, -0.2) is 5.91 Å². The van der Waals surface area contributed by atoms with Crippen LogP contribution >= 0.6 is 15.9 Å². The van der Waals surface area contributed by atoms with Gasteiger partial charge in [0.1, 0.15) is 11.6 Å². The minimum absolute atomic E-state index is 0.0491. The van der Waals surface area contributed by atoms with Crippen LogP contribution in [0.25, 0.3) is 0 Å². The van der Waals surface area contributed by atoms with Gasteiger partial charge >= 0.3 is 0 Å². The molecule has 0 aliphatic carbocycles. The van der Waals surface area contributed by atoms with Gasteiger partial charge in [-0.15, -0.1) is 0 Å². The summed E-state index contributed by atoms with van der Waals surface area (Å²) in [5, 5.41) is 2.56. The van der Waals surface area contributed by atoms with Gasteiger partial charge in [-0.2, -0.15) is 0 Å². The molecule has 0 aliphatic rings. The number of carbonyl (C=O) groups excluding carboxylic acids is 1. The zero-order chi connectivity index (χ0) is 14.7. The van der Waals surface area contributed by atoms with E-state index < -0.39 is 11.7 Å². The van der Waals surface area contributed by atoms with E-state index in [2.05, 4.69) is 21.2 Å². The highest BCUT2D eigenvalue weighted by Gasteiger charge is 2.12. The molecule has 0 atom stereocenters. The Bertz CT molecular complexity index is 658. The van der Waals surface area contributed by atoms with Crippen LogP contribution in [0.1, 0.15) is 21.5 Å². The molecule has 0 aromatic heterocycles. The summed E-state index contributed by atoms with van der Waals surface area (Å²) in [6.45, 7) is 1.80. The van der Waals surface area contributed by atoms with Crippen molar-refractivity contribution < 1.29 is 13.6 Å². The van der Waals surface area contributed by atoms with Crippen molar-refractivity contribution in [3.05, 3.63) is 69.2 Å². The average Bonchev–Trinajstić information content (AvgIpc) is 2.42. The Hall–Kier alpha value is -1.75. The van der Waals surface area contributed by atoms with E-state index in [1.54, 1.807) is 19.1 Å². The Morgan fingerprint density at radius 2 is 1.90 bits per heavy atom. The number of benzene rings is 2. The lowest BCUT2D eigenvalue weighted by Gasteiger charge is -2.07. The van der Waals surface area contributed by atoms with E-state index in [4.69, 9.17) is 0 Å². The van der Waals surface area contributed by atoms with Crippen LogP contribution in [0.5, 0.6) is 0 Å². The predicted octanol–water partition coefficient (Wildman–Crippen LogP) is 3.97. The molecule has 0 heterocycles. The van der Waals surface area contributed by atoms with Crippen LogP contribution in [-0.2, 0) is 6.54 Å². The largest absolute Gasteiger partial charge is 0.348 e. The van der Waals surface area contributed by atoms with Crippen LogP contribution in [0.3, 0.4) is 0 Å². The summed E-state index contributed by atoms with van der Waals surface area (Å²) >= 11 is 3.18. The molecule has 0 fully saturated rings. The molecule has 1 N–H and O–H groups in total. The molecule has 2 nitrogen and oxygen atoms in total. The third-order valence-electron chi connectivity index (χ3n) is 2.86. The Morgan fingerprint density at radius 3 is 2.60 bits per heavy atom. The van der Waals surface area contributed by atoms with Crippen molar-refractivity contribution in [3.63, 3.8) is 0 Å². The maximum absolute atomic E-state index is 13.5. The van der Waals surface area contributed by atoms with E-state index in [-0.39, 0.29) is 17.9 Å². The fourth-order valence-corrected chi connectivity index (χ4v) is 2.06. The van der Waals surface area contributed by atoms with Gasteiger partial charge in [-0.05, 0) is 42.3 Å². The van der Waals surface area contributed by atoms with E-state index in [0.29, 0.717) is 15.6 Å². The van der Waals surface area contributed by atoms with Crippen molar-refractivity contribution in [1.29, 1.82) is 0 Å².